The van der Waals surface area contributed by atoms with Gasteiger partial charge in [-0.05, 0) is 28.8 Å². The molecule has 1 amide bonds. The van der Waals surface area contributed by atoms with E-state index in [2.05, 4.69) is 34.6 Å². The first kappa shape index (κ1) is 15.5. The number of hydrogen-bond donors (Lipinski definition) is 1. The minimum atomic E-state index is -0.0495. The van der Waals surface area contributed by atoms with Gasteiger partial charge in [0.15, 0.2) is 5.13 Å². The van der Waals surface area contributed by atoms with Crippen LogP contribution in [0.3, 0.4) is 0 Å². The summed E-state index contributed by atoms with van der Waals surface area (Å²) in [5.41, 5.74) is 4.22. The molecule has 0 unspecified atom stereocenters. The number of anilines is 1. The van der Waals surface area contributed by atoms with Crippen molar-refractivity contribution in [1.82, 2.24) is 4.98 Å². The maximum Gasteiger partial charge on any atom is 0.230 e. The highest BCUT2D eigenvalue weighted by molar-refractivity contribution is 7.22. The number of carbonyl (C=O) groups excluding carboxylic acids is 1. The van der Waals surface area contributed by atoms with Crippen LogP contribution in [0.5, 0.6) is 0 Å². The van der Waals surface area contributed by atoms with Gasteiger partial charge in [-0.15, -0.1) is 0 Å². The molecule has 4 aromatic rings. The predicted octanol–water partition coefficient (Wildman–Crippen LogP) is 5.14. The normalized spacial score (nSPS) is 10.7. The summed E-state index contributed by atoms with van der Waals surface area (Å²) < 4.78 is 1.07. The highest BCUT2D eigenvalue weighted by Crippen LogP contribution is 2.25. The fraction of sp³-hybridized carbons (Fsp3) is 0.0476. The topological polar surface area (TPSA) is 42.0 Å². The van der Waals surface area contributed by atoms with Crippen LogP contribution >= 0.6 is 11.3 Å². The number of benzene rings is 3. The van der Waals surface area contributed by atoms with Gasteiger partial charge in [-0.25, -0.2) is 4.98 Å². The van der Waals surface area contributed by atoms with Crippen LogP contribution < -0.4 is 5.32 Å². The zero-order valence-electron chi connectivity index (χ0n) is 13.5. The van der Waals surface area contributed by atoms with Gasteiger partial charge in [0, 0.05) is 0 Å². The summed E-state index contributed by atoms with van der Waals surface area (Å²) in [6, 6.07) is 26.2. The number of hydrogen-bond acceptors (Lipinski definition) is 3. The molecule has 3 nitrogen and oxygen atoms in total. The molecule has 0 atom stereocenters. The molecule has 0 fully saturated rings. The van der Waals surface area contributed by atoms with Gasteiger partial charge in [0.25, 0.3) is 0 Å². The van der Waals surface area contributed by atoms with Crippen molar-refractivity contribution in [2.45, 2.75) is 6.42 Å². The van der Waals surface area contributed by atoms with Gasteiger partial charge < -0.3 is 5.32 Å². The Bertz CT molecular complexity index is 974. The van der Waals surface area contributed by atoms with Gasteiger partial charge in [0.1, 0.15) is 0 Å². The summed E-state index contributed by atoms with van der Waals surface area (Å²) in [7, 11) is 0. The Morgan fingerprint density at radius 3 is 2.28 bits per heavy atom. The van der Waals surface area contributed by atoms with E-state index in [4.69, 9.17) is 0 Å². The molecule has 1 heterocycles. The van der Waals surface area contributed by atoms with Crippen LogP contribution in [0.4, 0.5) is 5.13 Å². The van der Waals surface area contributed by atoms with Crippen molar-refractivity contribution in [3.8, 4) is 11.1 Å². The lowest BCUT2D eigenvalue weighted by molar-refractivity contribution is -0.115. The zero-order valence-corrected chi connectivity index (χ0v) is 14.3. The molecule has 0 aliphatic carbocycles. The third-order valence-electron chi connectivity index (χ3n) is 3.97. The number of nitrogens with zero attached hydrogens (tertiary/aromatic N) is 1. The van der Waals surface area contributed by atoms with E-state index in [-0.39, 0.29) is 5.91 Å². The summed E-state index contributed by atoms with van der Waals surface area (Å²) in [5, 5.41) is 3.54. The van der Waals surface area contributed by atoms with Crippen LogP contribution in [0.1, 0.15) is 5.56 Å². The van der Waals surface area contributed by atoms with Crippen molar-refractivity contribution < 1.29 is 4.79 Å². The number of nitrogens with one attached hydrogen (secondary N) is 1. The van der Waals surface area contributed by atoms with E-state index in [1.807, 2.05) is 54.6 Å². The molecule has 25 heavy (non-hydrogen) atoms. The average molecular weight is 344 g/mol. The first-order valence-corrected chi connectivity index (χ1v) is 8.89. The first-order valence-electron chi connectivity index (χ1n) is 8.08. The number of rotatable bonds is 4. The lowest BCUT2D eigenvalue weighted by Gasteiger charge is -2.05. The Morgan fingerprint density at radius 1 is 0.840 bits per heavy atom. The summed E-state index contributed by atoms with van der Waals surface area (Å²) in [6.07, 6.45) is 0.338. The monoisotopic (exact) mass is 344 g/mol. The third-order valence-corrected chi connectivity index (χ3v) is 4.92. The second-order valence-electron chi connectivity index (χ2n) is 5.77. The maximum atomic E-state index is 12.3. The smallest absolute Gasteiger partial charge is 0.230 e. The lowest BCUT2D eigenvalue weighted by Crippen LogP contribution is -2.14. The van der Waals surface area contributed by atoms with Crippen LogP contribution in [0.15, 0.2) is 78.9 Å². The minimum Gasteiger partial charge on any atom is -0.302 e. The molecule has 3 aromatic carbocycles. The largest absolute Gasteiger partial charge is 0.302 e. The van der Waals surface area contributed by atoms with E-state index in [0.717, 1.165) is 21.3 Å². The molecule has 0 aliphatic rings. The molecule has 0 saturated carbocycles. The Balaban J connectivity index is 1.43. The van der Waals surface area contributed by atoms with Crippen molar-refractivity contribution in [3.63, 3.8) is 0 Å². The van der Waals surface area contributed by atoms with Crippen molar-refractivity contribution in [1.29, 1.82) is 0 Å². The van der Waals surface area contributed by atoms with E-state index >= 15 is 0 Å². The van der Waals surface area contributed by atoms with Crippen molar-refractivity contribution in [2.75, 3.05) is 5.32 Å². The van der Waals surface area contributed by atoms with Gasteiger partial charge in [-0.1, -0.05) is 78.1 Å². The molecular weight excluding hydrogens is 328 g/mol. The number of para-hydroxylation sites is 1. The molecule has 4 rings (SSSR count). The van der Waals surface area contributed by atoms with Gasteiger partial charge in [0.2, 0.25) is 5.91 Å². The summed E-state index contributed by atoms with van der Waals surface area (Å²) in [6.45, 7) is 0. The Morgan fingerprint density at radius 2 is 1.52 bits per heavy atom. The Labute approximate surface area is 150 Å². The van der Waals surface area contributed by atoms with Gasteiger partial charge in [-0.2, -0.15) is 0 Å². The zero-order chi connectivity index (χ0) is 17.1. The third kappa shape index (κ3) is 3.59. The number of aromatic nitrogens is 1. The predicted molar refractivity (Wildman–Crippen MR) is 104 cm³/mol. The van der Waals surface area contributed by atoms with Crippen LogP contribution in [0.2, 0.25) is 0 Å². The molecule has 0 bridgehead atoms. The number of thiazole rings is 1. The molecule has 1 aromatic heterocycles. The second kappa shape index (κ2) is 6.87. The summed E-state index contributed by atoms with van der Waals surface area (Å²) in [5.74, 6) is -0.0495. The average Bonchev–Trinajstić information content (AvgIpc) is 3.05. The molecular formula is C21H16N2OS. The molecule has 0 radical (unpaired) electrons. The fourth-order valence-corrected chi connectivity index (χ4v) is 3.60. The quantitative estimate of drug-likeness (QED) is 0.557. The number of fused-ring (bicyclic) bond motifs is 1. The summed E-state index contributed by atoms with van der Waals surface area (Å²) in [4.78, 5) is 16.7. The Kier molecular flexibility index (Phi) is 4.27. The second-order valence-corrected chi connectivity index (χ2v) is 6.81. The van der Waals surface area contributed by atoms with E-state index in [1.54, 1.807) is 0 Å². The van der Waals surface area contributed by atoms with E-state index in [0.29, 0.717) is 11.6 Å². The number of carbonyl (C=O) groups is 1. The first-order chi connectivity index (χ1) is 12.3. The summed E-state index contributed by atoms with van der Waals surface area (Å²) >= 11 is 1.49. The highest BCUT2D eigenvalue weighted by Gasteiger charge is 2.08. The fourth-order valence-electron chi connectivity index (χ4n) is 2.72. The van der Waals surface area contributed by atoms with Crippen molar-refractivity contribution in [3.05, 3.63) is 84.4 Å². The van der Waals surface area contributed by atoms with Gasteiger partial charge in [0.05, 0.1) is 16.6 Å². The van der Waals surface area contributed by atoms with Gasteiger partial charge in [-0.3, -0.25) is 4.79 Å². The van der Waals surface area contributed by atoms with Crippen LogP contribution in [0.25, 0.3) is 21.3 Å². The Hall–Kier alpha value is -2.98. The van der Waals surface area contributed by atoms with E-state index < -0.39 is 0 Å². The number of amides is 1. The molecule has 0 saturated heterocycles. The highest BCUT2D eigenvalue weighted by atomic mass is 32.1. The molecule has 4 heteroatoms. The minimum absolute atomic E-state index is 0.0495. The molecule has 122 valence electrons. The van der Waals surface area contributed by atoms with Crippen LogP contribution in [0, 0.1) is 0 Å². The molecule has 0 spiro atoms. The van der Waals surface area contributed by atoms with E-state index in [9.17, 15) is 4.79 Å². The maximum absolute atomic E-state index is 12.3. The molecule has 1 N–H and O–H groups in total. The standard InChI is InChI=1S/C21H16N2OS/c24-20(23-21-22-18-8-4-5-9-19(18)25-21)14-15-10-12-17(13-11-15)16-6-2-1-3-7-16/h1-13H,14H2,(H,22,23,24). The van der Waals surface area contributed by atoms with Crippen molar-refractivity contribution >= 4 is 32.6 Å². The lowest BCUT2D eigenvalue weighted by atomic mass is 10.0. The van der Waals surface area contributed by atoms with Crippen LogP contribution in [-0.2, 0) is 11.2 Å². The van der Waals surface area contributed by atoms with Crippen LogP contribution in [-0.4, -0.2) is 10.9 Å². The SMILES string of the molecule is O=C(Cc1ccc(-c2ccccc2)cc1)Nc1nc2ccccc2s1. The van der Waals surface area contributed by atoms with Crippen molar-refractivity contribution in [2.24, 2.45) is 0 Å². The van der Waals surface area contributed by atoms with E-state index in [1.165, 1.54) is 16.9 Å². The molecule has 0 aliphatic heterocycles. The van der Waals surface area contributed by atoms with Gasteiger partial charge >= 0.3 is 0 Å².